The third-order valence-electron chi connectivity index (χ3n) is 5.29. The Morgan fingerprint density at radius 1 is 0.545 bits per heavy atom. The Hall–Kier alpha value is 0. The van der Waals surface area contributed by atoms with Crippen LogP contribution in [0.5, 0.6) is 0 Å². The molecule has 0 aliphatic heterocycles. The van der Waals surface area contributed by atoms with Crippen LogP contribution in [0.1, 0.15) is 32.1 Å². The molecular weight excluding hydrogens is 132 g/mol. The van der Waals surface area contributed by atoms with E-state index in [1.54, 1.807) is 32.1 Å². The van der Waals surface area contributed by atoms with Crippen molar-refractivity contribution in [1.29, 1.82) is 0 Å². The summed E-state index contributed by atoms with van der Waals surface area (Å²) in [4.78, 5) is 0. The largest absolute Gasteiger partial charge is 0.0527 e. The van der Waals surface area contributed by atoms with Crippen LogP contribution in [0.4, 0.5) is 0 Å². The highest BCUT2D eigenvalue weighted by molar-refractivity contribution is 5.17. The molecule has 0 amide bonds. The van der Waals surface area contributed by atoms with E-state index in [4.69, 9.17) is 0 Å². The van der Waals surface area contributed by atoms with Crippen molar-refractivity contribution in [2.24, 2.45) is 35.5 Å². The SMILES string of the molecule is C1CC2C3CCC3C3C(C1)C23. The maximum absolute atomic E-state index is 1.61. The monoisotopic (exact) mass is 148 g/mol. The lowest BCUT2D eigenvalue weighted by Gasteiger charge is -2.40. The zero-order chi connectivity index (χ0) is 7.00. The minimum atomic E-state index is 1.23. The Labute approximate surface area is 68.4 Å². The van der Waals surface area contributed by atoms with Gasteiger partial charge in [0.15, 0.2) is 0 Å². The van der Waals surface area contributed by atoms with E-state index in [-0.39, 0.29) is 0 Å². The Kier molecular flexibility index (Phi) is 0.781. The van der Waals surface area contributed by atoms with Crippen LogP contribution in [-0.2, 0) is 0 Å². The lowest BCUT2D eigenvalue weighted by Crippen LogP contribution is -2.32. The standard InChI is InChI=1S/C11H16/c1-2-7-6-4-5-8(6)11-9(3-1)10(7)11/h6-11H,1-5H2. The van der Waals surface area contributed by atoms with Gasteiger partial charge in [0.25, 0.3) is 0 Å². The number of hydrogen-bond acceptors (Lipinski definition) is 0. The molecule has 0 spiro atoms. The fourth-order valence-corrected chi connectivity index (χ4v) is 4.86. The molecule has 0 aromatic rings. The second-order valence-corrected chi connectivity index (χ2v) is 5.32. The summed E-state index contributed by atoms with van der Waals surface area (Å²) in [6.45, 7) is 0. The molecule has 0 aromatic heterocycles. The molecule has 0 bridgehead atoms. The van der Waals surface area contributed by atoms with Gasteiger partial charge in [0.2, 0.25) is 0 Å². The summed E-state index contributed by atoms with van der Waals surface area (Å²) < 4.78 is 0. The van der Waals surface area contributed by atoms with Gasteiger partial charge in [-0.3, -0.25) is 0 Å². The van der Waals surface area contributed by atoms with E-state index in [2.05, 4.69) is 0 Å². The molecule has 0 saturated heterocycles. The molecule has 4 aliphatic rings. The van der Waals surface area contributed by atoms with Crippen molar-refractivity contribution in [2.45, 2.75) is 32.1 Å². The van der Waals surface area contributed by atoms with E-state index in [0.717, 1.165) is 0 Å². The molecule has 0 N–H and O–H groups in total. The summed E-state index contributed by atoms with van der Waals surface area (Å²) in [6.07, 6.45) is 8.01. The highest BCUT2D eigenvalue weighted by atomic mass is 14.7. The van der Waals surface area contributed by atoms with Gasteiger partial charge in [0.1, 0.15) is 0 Å². The summed E-state index contributed by atoms with van der Waals surface area (Å²) >= 11 is 0. The van der Waals surface area contributed by atoms with Crippen LogP contribution in [0, 0.1) is 35.5 Å². The quantitative estimate of drug-likeness (QED) is 0.495. The second kappa shape index (κ2) is 1.53. The van der Waals surface area contributed by atoms with Crippen LogP contribution in [0.25, 0.3) is 0 Å². The minimum absolute atomic E-state index is 1.23. The Bertz CT molecular complexity index is 200. The Morgan fingerprint density at radius 2 is 1.18 bits per heavy atom. The van der Waals surface area contributed by atoms with Crippen molar-refractivity contribution in [3.63, 3.8) is 0 Å². The van der Waals surface area contributed by atoms with E-state index < -0.39 is 0 Å². The Morgan fingerprint density at radius 3 is 1.91 bits per heavy atom. The molecule has 0 radical (unpaired) electrons. The Balaban J connectivity index is 1.75. The first-order valence-electron chi connectivity index (χ1n) is 5.47. The van der Waals surface area contributed by atoms with Crippen molar-refractivity contribution in [1.82, 2.24) is 0 Å². The van der Waals surface area contributed by atoms with Crippen LogP contribution >= 0.6 is 0 Å². The van der Waals surface area contributed by atoms with Crippen LogP contribution in [0.3, 0.4) is 0 Å². The highest BCUT2D eigenvalue weighted by Gasteiger charge is 2.69. The van der Waals surface area contributed by atoms with Gasteiger partial charge in [-0.25, -0.2) is 0 Å². The zero-order valence-electron chi connectivity index (χ0n) is 7.00. The fraction of sp³-hybridized carbons (Fsp3) is 1.00. The first kappa shape index (κ1) is 5.61. The van der Waals surface area contributed by atoms with Gasteiger partial charge < -0.3 is 0 Å². The molecule has 4 aliphatic carbocycles. The maximum Gasteiger partial charge on any atom is -0.0318 e. The highest BCUT2D eigenvalue weighted by Crippen LogP contribution is 2.75. The molecule has 6 atom stereocenters. The van der Waals surface area contributed by atoms with Gasteiger partial charge in [-0.15, -0.1) is 0 Å². The predicted molar refractivity (Wildman–Crippen MR) is 44.0 cm³/mol. The van der Waals surface area contributed by atoms with Crippen LogP contribution in [0.2, 0.25) is 0 Å². The van der Waals surface area contributed by atoms with Gasteiger partial charge in [-0.05, 0) is 61.2 Å². The van der Waals surface area contributed by atoms with Crippen LogP contribution in [0.15, 0.2) is 0 Å². The average Bonchev–Trinajstić information content (AvgIpc) is 2.57. The van der Waals surface area contributed by atoms with Gasteiger partial charge in [-0.1, -0.05) is 6.42 Å². The lowest BCUT2D eigenvalue weighted by atomic mass is 9.65. The molecule has 0 heterocycles. The zero-order valence-corrected chi connectivity index (χ0v) is 7.00. The van der Waals surface area contributed by atoms with Gasteiger partial charge in [0, 0.05) is 0 Å². The van der Waals surface area contributed by atoms with Crippen LogP contribution in [-0.4, -0.2) is 0 Å². The van der Waals surface area contributed by atoms with Crippen molar-refractivity contribution < 1.29 is 0 Å². The lowest BCUT2D eigenvalue weighted by molar-refractivity contribution is 0.0912. The fourth-order valence-electron chi connectivity index (χ4n) is 4.86. The second-order valence-electron chi connectivity index (χ2n) is 5.32. The van der Waals surface area contributed by atoms with E-state index in [9.17, 15) is 0 Å². The van der Waals surface area contributed by atoms with Crippen molar-refractivity contribution in [3.8, 4) is 0 Å². The molecule has 0 nitrogen and oxygen atoms in total. The van der Waals surface area contributed by atoms with E-state index in [1.807, 2.05) is 0 Å². The molecule has 11 heavy (non-hydrogen) atoms. The first-order chi connectivity index (χ1) is 5.47. The third kappa shape index (κ3) is 0.467. The molecule has 6 unspecified atom stereocenters. The predicted octanol–water partition coefficient (Wildman–Crippen LogP) is 2.69. The molecule has 4 saturated carbocycles. The van der Waals surface area contributed by atoms with Crippen molar-refractivity contribution in [2.75, 3.05) is 0 Å². The van der Waals surface area contributed by atoms with E-state index in [0.29, 0.717) is 0 Å². The van der Waals surface area contributed by atoms with Gasteiger partial charge >= 0.3 is 0 Å². The number of fused-ring (bicyclic) bond motifs is 4. The molecule has 0 aromatic carbocycles. The minimum Gasteiger partial charge on any atom is -0.0527 e. The van der Waals surface area contributed by atoms with E-state index in [1.165, 1.54) is 35.5 Å². The van der Waals surface area contributed by atoms with E-state index >= 15 is 0 Å². The van der Waals surface area contributed by atoms with Gasteiger partial charge in [-0.2, -0.15) is 0 Å². The molecule has 0 heteroatoms. The first-order valence-corrected chi connectivity index (χ1v) is 5.47. The summed E-state index contributed by atoms with van der Waals surface area (Å²) in [5, 5.41) is 0. The normalized spacial score (nSPS) is 69.8. The summed E-state index contributed by atoms with van der Waals surface area (Å²) in [7, 11) is 0. The van der Waals surface area contributed by atoms with Crippen LogP contribution < -0.4 is 0 Å². The smallest absolute Gasteiger partial charge is 0.0318 e. The third-order valence-corrected chi connectivity index (χ3v) is 5.29. The average molecular weight is 148 g/mol. The summed E-state index contributed by atoms with van der Waals surface area (Å²) in [5.41, 5.74) is 0. The molecular formula is C11H16. The topological polar surface area (TPSA) is 0 Å². The maximum atomic E-state index is 1.61. The summed E-state index contributed by atoms with van der Waals surface area (Å²) in [5.74, 6) is 7.49. The molecule has 4 fully saturated rings. The number of hydrogen-bond donors (Lipinski definition) is 0. The summed E-state index contributed by atoms with van der Waals surface area (Å²) in [6, 6.07) is 0. The van der Waals surface area contributed by atoms with Gasteiger partial charge in [0.05, 0.1) is 0 Å². The number of rotatable bonds is 0. The molecule has 60 valence electrons. The molecule has 4 rings (SSSR count). The van der Waals surface area contributed by atoms with Crippen molar-refractivity contribution >= 4 is 0 Å². The van der Waals surface area contributed by atoms with Crippen molar-refractivity contribution in [3.05, 3.63) is 0 Å².